The van der Waals surface area contributed by atoms with Crippen LogP contribution in [0.5, 0.6) is 0 Å². The molecule has 0 atom stereocenters. The lowest BCUT2D eigenvalue weighted by Gasteiger charge is -2.31. The summed E-state index contributed by atoms with van der Waals surface area (Å²) >= 11 is 1.82. The summed E-state index contributed by atoms with van der Waals surface area (Å²) in [6.45, 7) is 3.92. The number of piperidine rings is 1. The normalized spacial score (nSPS) is 16.9. The van der Waals surface area contributed by atoms with Gasteiger partial charge in [0, 0.05) is 30.2 Å². The summed E-state index contributed by atoms with van der Waals surface area (Å²) in [5.41, 5.74) is 10.6. The standard InChI is InChI=1S/C24H31N5S/c1-28(15-17-9-3-5-11-19(17)29-13-7-2-8-14-29)16-21-26-23(25)22-18-10-4-6-12-20(18)30-24(22)27-21/h3,5,9,11H,2,4,6-8,10,12-16H2,1H3,(H2,25,26,27). The number of nitrogens with two attached hydrogens (primary N) is 1. The molecule has 2 aliphatic rings. The number of aryl methyl sites for hydroxylation is 2. The minimum atomic E-state index is 0.663. The van der Waals surface area contributed by atoms with Crippen LogP contribution < -0.4 is 10.6 Å². The highest BCUT2D eigenvalue weighted by atomic mass is 32.1. The summed E-state index contributed by atoms with van der Waals surface area (Å²) in [6.07, 6.45) is 8.75. The highest BCUT2D eigenvalue weighted by molar-refractivity contribution is 7.19. The van der Waals surface area contributed by atoms with Gasteiger partial charge in [-0.15, -0.1) is 11.3 Å². The van der Waals surface area contributed by atoms with E-state index in [0.29, 0.717) is 12.4 Å². The molecule has 0 amide bonds. The molecule has 6 heteroatoms. The Hall–Kier alpha value is -2.18. The van der Waals surface area contributed by atoms with Crippen LogP contribution in [0.2, 0.25) is 0 Å². The van der Waals surface area contributed by atoms with Gasteiger partial charge < -0.3 is 10.6 Å². The number of benzene rings is 1. The van der Waals surface area contributed by atoms with Crippen molar-refractivity contribution in [2.24, 2.45) is 0 Å². The molecule has 2 aromatic heterocycles. The zero-order valence-electron chi connectivity index (χ0n) is 17.9. The Bertz CT molecular complexity index is 1040. The van der Waals surface area contributed by atoms with Crippen molar-refractivity contribution < 1.29 is 0 Å². The van der Waals surface area contributed by atoms with Crippen molar-refractivity contribution >= 4 is 33.1 Å². The molecule has 1 aliphatic heterocycles. The average Bonchev–Trinajstić information content (AvgIpc) is 3.13. The minimum Gasteiger partial charge on any atom is -0.383 e. The van der Waals surface area contributed by atoms with E-state index in [0.717, 1.165) is 29.0 Å². The van der Waals surface area contributed by atoms with Crippen LogP contribution in [-0.4, -0.2) is 35.0 Å². The zero-order valence-corrected chi connectivity index (χ0v) is 18.7. The molecule has 1 fully saturated rings. The number of para-hydroxylation sites is 1. The van der Waals surface area contributed by atoms with Crippen molar-refractivity contribution in [2.75, 3.05) is 30.8 Å². The van der Waals surface area contributed by atoms with Gasteiger partial charge in [-0.25, -0.2) is 9.97 Å². The quantitative estimate of drug-likeness (QED) is 0.643. The molecular weight excluding hydrogens is 390 g/mol. The number of hydrogen-bond acceptors (Lipinski definition) is 6. The number of nitrogen functional groups attached to an aromatic ring is 1. The van der Waals surface area contributed by atoms with E-state index in [-0.39, 0.29) is 0 Å². The van der Waals surface area contributed by atoms with Crippen molar-refractivity contribution in [1.82, 2.24) is 14.9 Å². The van der Waals surface area contributed by atoms with E-state index in [9.17, 15) is 0 Å². The maximum absolute atomic E-state index is 6.41. The van der Waals surface area contributed by atoms with Crippen LogP contribution >= 0.6 is 11.3 Å². The first kappa shape index (κ1) is 19.8. The molecule has 3 aromatic rings. The van der Waals surface area contributed by atoms with Crippen LogP contribution in [-0.2, 0) is 25.9 Å². The van der Waals surface area contributed by atoms with Crippen LogP contribution in [0, 0.1) is 0 Å². The first-order chi connectivity index (χ1) is 14.7. The van der Waals surface area contributed by atoms with Crippen LogP contribution in [0.3, 0.4) is 0 Å². The predicted molar refractivity (Wildman–Crippen MR) is 126 cm³/mol. The summed E-state index contributed by atoms with van der Waals surface area (Å²) in [7, 11) is 2.15. The van der Waals surface area contributed by atoms with Gasteiger partial charge in [0.2, 0.25) is 0 Å². The monoisotopic (exact) mass is 421 g/mol. The summed E-state index contributed by atoms with van der Waals surface area (Å²) in [6, 6.07) is 8.83. The summed E-state index contributed by atoms with van der Waals surface area (Å²) in [5.74, 6) is 1.49. The first-order valence-corrected chi connectivity index (χ1v) is 12.1. The molecule has 1 saturated heterocycles. The van der Waals surface area contributed by atoms with E-state index >= 15 is 0 Å². The van der Waals surface area contributed by atoms with Gasteiger partial charge in [0.05, 0.1) is 11.9 Å². The number of aromatic nitrogens is 2. The van der Waals surface area contributed by atoms with E-state index in [1.54, 1.807) is 0 Å². The number of fused-ring (bicyclic) bond motifs is 3. The second kappa shape index (κ2) is 8.52. The third-order valence-corrected chi connectivity index (χ3v) is 7.61. The Labute approximate surface area is 182 Å². The van der Waals surface area contributed by atoms with E-state index in [2.05, 4.69) is 41.1 Å². The van der Waals surface area contributed by atoms with Gasteiger partial charge in [0.15, 0.2) is 0 Å². The van der Waals surface area contributed by atoms with Gasteiger partial charge in [-0.05, 0) is 69.2 Å². The third-order valence-electron chi connectivity index (χ3n) is 6.43. The van der Waals surface area contributed by atoms with Gasteiger partial charge in [-0.1, -0.05) is 18.2 Å². The number of anilines is 2. The molecule has 1 aromatic carbocycles. The van der Waals surface area contributed by atoms with Crippen molar-refractivity contribution in [2.45, 2.75) is 58.0 Å². The fraction of sp³-hybridized carbons (Fsp3) is 0.500. The topological polar surface area (TPSA) is 58.3 Å². The van der Waals surface area contributed by atoms with Crippen LogP contribution in [0.1, 0.15) is 53.9 Å². The lowest BCUT2D eigenvalue weighted by molar-refractivity contribution is 0.311. The molecular formula is C24H31N5S. The van der Waals surface area contributed by atoms with Crippen molar-refractivity contribution in [3.05, 3.63) is 46.1 Å². The lowest BCUT2D eigenvalue weighted by Crippen LogP contribution is -2.31. The molecule has 0 unspecified atom stereocenters. The molecule has 5 rings (SSSR count). The Balaban J connectivity index is 1.35. The number of rotatable bonds is 5. The SMILES string of the molecule is CN(Cc1nc(N)c2c3c(sc2n1)CCCC3)Cc1ccccc1N1CCCCC1. The zero-order chi connectivity index (χ0) is 20.5. The molecule has 0 spiro atoms. The molecule has 2 N–H and O–H groups in total. The summed E-state index contributed by atoms with van der Waals surface area (Å²) in [5, 5.41) is 1.12. The number of hydrogen-bond donors (Lipinski definition) is 1. The Morgan fingerprint density at radius 2 is 1.80 bits per heavy atom. The average molecular weight is 422 g/mol. The van der Waals surface area contributed by atoms with Crippen LogP contribution in [0.25, 0.3) is 10.2 Å². The van der Waals surface area contributed by atoms with E-state index in [4.69, 9.17) is 15.7 Å². The second-order valence-corrected chi connectivity index (χ2v) is 9.85. The van der Waals surface area contributed by atoms with Gasteiger partial charge in [0.25, 0.3) is 0 Å². The largest absolute Gasteiger partial charge is 0.383 e. The number of thiophene rings is 1. The molecule has 0 radical (unpaired) electrons. The van der Waals surface area contributed by atoms with Crippen molar-refractivity contribution in [1.29, 1.82) is 0 Å². The van der Waals surface area contributed by atoms with Crippen molar-refractivity contribution in [3.63, 3.8) is 0 Å². The molecule has 30 heavy (non-hydrogen) atoms. The van der Waals surface area contributed by atoms with Crippen LogP contribution in [0.15, 0.2) is 24.3 Å². The van der Waals surface area contributed by atoms with Gasteiger partial charge >= 0.3 is 0 Å². The molecule has 0 bridgehead atoms. The summed E-state index contributed by atoms with van der Waals surface area (Å²) < 4.78 is 0. The molecule has 3 heterocycles. The highest BCUT2D eigenvalue weighted by Gasteiger charge is 2.21. The first-order valence-electron chi connectivity index (χ1n) is 11.3. The molecule has 1 aliphatic carbocycles. The molecule has 5 nitrogen and oxygen atoms in total. The van der Waals surface area contributed by atoms with Crippen LogP contribution in [0.4, 0.5) is 11.5 Å². The fourth-order valence-corrected chi connectivity index (χ4v) is 6.27. The number of nitrogens with zero attached hydrogens (tertiary/aromatic N) is 4. The minimum absolute atomic E-state index is 0.663. The molecule has 158 valence electrons. The van der Waals surface area contributed by atoms with E-state index in [1.165, 1.54) is 73.3 Å². The lowest BCUT2D eigenvalue weighted by atomic mass is 9.97. The Morgan fingerprint density at radius 3 is 2.67 bits per heavy atom. The maximum Gasteiger partial charge on any atom is 0.146 e. The van der Waals surface area contributed by atoms with E-state index < -0.39 is 0 Å². The Morgan fingerprint density at radius 1 is 1.00 bits per heavy atom. The van der Waals surface area contributed by atoms with Crippen molar-refractivity contribution in [3.8, 4) is 0 Å². The highest BCUT2D eigenvalue weighted by Crippen LogP contribution is 2.37. The second-order valence-electron chi connectivity index (χ2n) is 8.76. The Kier molecular flexibility index (Phi) is 5.61. The molecule has 0 saturated carbocycles. The summed E-state index contributed by atoms with van der Waals surface area (Å²) in [4.78, 5) is 17.0. The smallest absolute Gasteiger partial charge is 0.146 e. The van der Waals surface area contributed by atoms with Gasteiger partial charge in [-0.3, -0.25) is 4.90 Å². The van der Waals surface area contributed by atoms with Gasteiger partial charge in [0.1, 0.15) is 16.5 Å². The van der Waals surface area contributed by atoms with Gasteiger partial charge in [-0.2, -0.15) is 0 Å². The fourth-order valence-electron chi connectivity index (χ4n) is 4.98. The maximum atomic E-state index is 6.41. The third kappa shape index (κ3) is 3.91. The van der Waals surface area contributed by atoms with E-state index in [1.807, 2.05) is 11.3 Å². The predicted octanol–water partition coefficient (Wildman–Crippen LogP) is 4.77.